The molecule has 2 aromatic rings. The first-order valence-electron chi connectivity index (χ1n) is 6.42. The summed E-state index contributed by atoms with van der Waals surface area (Å²) < 4.78 is 5.79. The molecule has 0 aliphatic heterocycles. The maximum Gasteiger partial charge on any atom is 0.270 e. The molecule has 0 saturated heterocycles. The van der Waals surface area contributed by atoms with Gasteiger partial charge >= 0.3 is 0 Å². The zero-order valence-electron chi connectivity index (χ0n) is 12.0. The second-order valence-corrected chi connectivity index (χ2v) is 5.78. The minimum Gasteiger partial charge on any atom is -0.457 e. The fourth-order valence-electron chi connectivity index (χ4n) is 1.91. The Balaban J connectivity index is 2.36. The van der Waals surface area contributed by atoms with Crippen LogP contribution in [0.4, 0.5) is 5.69 Å². The highest BCUT2D eigenvalue weighted by Crippen LogP contribution is 2.32. The summed E-state index contributed by atoms with van der Waals surface area (Å²) in [6, 6.07) is 9.42. The third-order valence-electron chi connectivity index (χ3n) is 2.86. The summed E-state index contributed by atoms with van der Waals surface area (Å²) >= 11 is 11.8. The summed E-state index contributed by atoms with van der Waals surface area (Å²) in [5.74, 6) is 1.06. The predicted octanol–water partition coefficient (Wildman–Crippen LogP) is 4.76. The average molecular weight is 341 g/mol. The lowest BCUT2D eigenvalue weighted by Gasteiger charge is -2.15. The topological polar surface area (TPSA) is 55.6 Å². The molecule has 0 aliphatic rings. The Morgan fingerprint density at radius 1 is 1.14 bits per heavy atom. The lowest BCUT2D eigenvalue weighted by Crippen LogP contribution is -2.11. The molecule has 2 aromatic carbocycles. The van der Waals surface area contributed by atoms with Gasteiger partial charge < -0.3 is 9.64 Å². The maximum atomic E-state index is 10.9. The number of hydrogen-bond donors (Lipinski definition) is 0. The Bertz CT molecular complexity index is 705. The van der Waals surface area contributed by atoms with Crippen molar-refractivity contribution >= 4 is 28.9 Å². The van der Waals surface area contributed by atoms with Crippen molar-refractivity contribution in [3.63, 3.8) is 0 Å². The van der Waals surface area contributed by atoms with Gasteiger partial charge in [0.25, 0.3) is 5.69 Å². The Morgan fingerprint density at radius 3 is 2.45 bits per heavy atom. The minimum absolute atomic E-state index is 0.0262. The molecular weight excluding hydrogens is 327 g/mol. The Labute approximate surface area is 138 Å². The summed E-state index contributed by atoms with van der Waals surface area (Å²) in [6.07, 6.45) is 0. The number of nitro groups is 1. The Hall–Kier alpha value is -1.82. The first-order chi connectivity index (χ1) is 10.4. The van der Waals surface area contributed by atoms with Crippen LogP contribution in [0.1, 0.15) is 5.56 Å². The first kappa shape index (κ1) is 16.5. The number of hydrogen-bond acceptors (Lipinski definition) is 4. The van der Waals surface area contributed by atoms with E-state index >= 15 is 0 Å². The molecule has 0 heterocycles. The molecule has 0 atom stereocenters. The SMILES string of the molecule is CN(C)Cc1cc([N+](=O)[O-])ccc1Oc1ccc(Cl)c(Cl)c1. The predicted molar refractivity (Wildman–Crippen MR) is 87.0 cm³/mol. The summed E-state index contributed by atoms with van der Waals surface area (Å²) in [5.41, 5.74) is 0.739. The van der Waals surface area contributed by atoms with Crippen molar-refractivity contribution in [2.75, 3.05) is 14.1 Å². The number of benzene rings is 2. The Kier molecular flexibility index (Phi) is 5.24. The molecule has 0 amide bonds. The van der Waals surface area contributed by atoms with Gasteiger partial charge in [0.05, 0.1) is 15.0 Å². The van der Waals surface area contributed by atoms with Crippen molar-refractivity contribution in [1.29, 1.82) is 0 Å². The molecule has 5 nitrogen and oxygen atoms in total. The molecule has 0 aromatic heterocycles. The van der Waals surface area contributed by atoms with Gasteiger partial charge in [-0.3, -0.25) is 10.1 Å². The molecule has 0 N–H and O–H groups in total. The molecule has 7 heteroatoms. The number of non-ortho nitro benzene ring substituents is 1. The number of halogens is 2. The molecule has 0 aliphatic carbocycles. The van der Waals surface area contributed by atoms with Crippen LogP contribution in [0.2, 0.25) is 10.0 Å². The van der Waals surface area contributed by atoms with Crippen molar-refractivity contribution in [3.8, 4) is 11.5 Å². The van der Waals surface area contributed by atoms with E-state index in [0.717, 1.165) is 0 Å². The smallest absolute Gasteiger partial charge is 0.270 e. The van der Waals surface area contributed by atoms with Crippen molar-refractivity contribution in [2.45, 2.75) is 6.54 Å². The first-order valence-corrected chi connectivity index (χ1v) is 7.17. The number of nitro benzene ring substituents is 1. The summed E-state index contributed by atoms with van der Waals surface area (Å²) in [5, 5.41) is 11.7. The second kappa shape index (κ2) is 6.96. The van der Waals surface area contributed by atoms with Gasteiger partial charge in [0.1, 0.15) is 11.5 Å². The quantitative estimate of drug-likeness (QED) is 0.581. The average Bonchev–Trinajstić information content (AvgIpc) is 2.44. The third-order valence-corrected chi connectivity index (χ3v) is 3.60. The molecular formula is C15H14Cl2N2O3. The van der Waals surface area contributed by atoms with Crippen LogP contribution in [0, 0.1) is 10.1 Å². The van der Waals surface area contributed by atoms with Crippen molar-refractivity contribution in [3.05, 3.63) is 62.1 Å². The van der Waals surface area contributed by atoms with Crippen LogP contribution < -0.4 is 4.74 Å². The highest BCUT2D eigenvalue weighted by molar-refractivity contribution is 6.42. The van der Waals surface area contributed by atoms with Crippen LogP contribution in [-0.4, -0.2) is 23.9 Å². The van der Waals surface area contributed by atoms with E-state index < -0.39 is 4.92 Å². The fourth-order valence-corrected chi connectivity index (χ4v) is 2.20. The van der Waals surface area contributed by atoms with E-state index in [0.29, 0.717) is 33.7 Å². The number of nitrogens with zero attached hydrogens (tertiary/aromatic N) is 2. The lowest BCUT2D eigenvalue weighted by atomic mass is 10.1. The summed E-state index contributed by atoms with van der Waals surface area (Å²) in [6.45, 7) is 0.512. The third kappa shape index (κ3) is 4.10. The zero-order valence-corrected chi connectivity index (χ0v) is 13.6. The molecule has 0 bridgehead atoms. The van der Waals surface area contributed by atoms with E-state index in [-0.39, 0.29) is 5.69 Å². The molecule has 116 valence electrons. The van der Waals surface area contributed by atoms with Gasteiger partial charge in [0.2, 0.25) is 0 Å². The van der Waals surface area contributed by atoms with Gasteiger partial charge in [-0.1, -0.05) is 23.2 Å². The van der Waals surface area contributed by atoms with E-state index in [1.165, 1.54) is 12.1 Å². The molecule has 0 spiro atoms. The fraction of sp³-hybridized carbons (Fsp3) is 0.200. The second-order valence-electron chi connectivity index (χ2n) is 4.96. The molecule has 22 heavy (non-hydrogen) atoms. The van der Waals surface area contributed by atoms with Crippen LogP contribution in [0.5, 0.6) is 11.5 Å². The lowest BCUT2D eigenvalue weighted by molar-refractivity contribution is -0.384. The van der Waals surface area contributed by atoms with Gasteiger partial charge in [-0.05, 0) is 32.3 Å². The maximum absolute atomic E-state index is 10.9. The van der Waals surface area contributed by atoms with Crippen LogP contribution >= 0.6 is 23.2 Å². The van der Waals surface area contributed by atoms with Gasteiger partial charge in [-0.25, -0.2) is 0 Å². The van der Waals surface area contributed by atoms with E-state index in [4.69, 9.17) is 27.9 Å². The van der Waals surface area contributed by atoms with Gasteiger partial charge in [0, 0.05) is 30.3 Å². The van der Waals surface area contributed by atoms with E-state index in [2.05, 4.69) is 0 Å². The number of rotatable bonds is 5. The zero-order chi connectivity index (χ0) is 16.3. The minimum atomic E-state index is -0.428. The van der Waals surface area contributed by atoms with E-state index in [1.54, 1.807) is 24.3 Å². The number of ether oxygens (including phenoxy) is 1. The Morgan fingerprint density at radius 2 is 1.86 bits per heavy atom. The van der Waals surface area contributed by atoms with Crippen molar-refractivity contribution in [2.24, 2.45) is 0 Å². The highest BCUT2D eigenvalue weighted by atomic mass is 35.5. The van der Waals surface area contributed by atoms with Gasteiger partial charge in [-0.2, -0.15) is 0 Å². The monoisotopic (exact) mass is 340 g/mol. The van der Waals surface area contributed by atoms with Crippen LogP contribution in [0.3, 0.4) is 0 Å². The largest absolute Gasteiger partial charge is 0.457 e. The molecule has 2 rings (SSSR count). The molecule has 0 unspecified atom stereocenters. The van der Waals surface area contributed by atoms with Crippen LogP contribution in [0.25, 0.3) is 0 Å². The highest BCUT2D eigenvalue weighted by Gasteiger charge is 2.13. The van der Waals surface area contributed by atoms with Gasteiger partial charge in [-0.15, -0.1) is 0 Å². The molecule has 0 saturated carbocycles. The van der Waals surface area contributed by atoms with Crippen LogP contribution in [-0.2, 0) is 6.54 Å². The standard InChI is InChI=1S/C15H14Cl2N2O3/c1-18(2)9-10-7-11(19(20)21)3-6-15(10)22-12-4-5-13(16)14(17)8-12/h3-8H,9H2,1-2H3. The molecule has 0 radical (unpaired) electrons. The van der Waals surface area contributed by atoms with Gasteiger partial charge in [0.15, 0.2) is 0 Å². The molecule has 0 fully saturated rings. The van der Waals surface area contributed by atoms with E-state index in [9.17, 15) is 10.1 Å². The normalized spacial score (nSPS) is 10.8. The van der Waals surface area contributed by atoms with Crippen LogP contribution in [0.15, 0.2) is 36.4 Å². The van der Waals surface area contributed by atoms with Crippen molar-refractivity contribution in [1.82, 2.24) is 4.90 Å². The van der Waals surface area contributed by atoms with E-state index in [1.807, 2.05) is 19.0 Å². The summed E-state index contributed by atoms with van der Waals surface area (Å²) in [7, 11) is 3.75. The summed E-state index contributed by atoms with van der Waals surface area (Å²) in [4.78, 5) is 12.4. The van der Waals surface area contributed by atoms with Crippen molar-refractivity contribution < 1.29 is 9.66 Å².